The van der Waals surface area contributed by atoms with Gasteiger partial charge in [0.15, 0.2) is 0 Å². The van der Waals surface area contributed by atoms with E-state index in [0.717, 1.165) is 18.4 Å². The third-order valence-corrected chi connectivity index (χ3v) is 6.73. The molecule has 6 heteroatoms. The van der Waals surface area contributed by atoms with Crippen molar-refractivity contribution in [3.63, 3.8) is 0 Å². The van der Waals surface area contributed by atoms with Crippen LogP contribution in [0.5, 0.6) is 0 Å². The highest BCUT2D eigenvalue weighted by molar-refractivity contribution is 7.92. The molecule has 0 spiro atoms. The van der Waals surface area contributed by atoms with Gasteiger partial charge in [-0.3, -0.25) is 9.10 Å². The van der Waals surface area contributed by atoms with Crippen molar-refractivity contribution in [1.82, 2.24) is 4.90 Å². The fraction of sp³-hybridized carbons (Fsp3) is 0.632. The number of benzene rings is 1. The van der Waals surface area contributed by atoms with Crippen LogP contribution < -0.4 is 4.31 Å². The van der Waals surface area contributed by atoms with Gasteiger partial charge in [0.25, 0.3) is 5.91 Å². The Hall–Kier alpha value is -1.56. The van der Waals surface area contributed by atoms with Gasteiger partial charge in [0.05, 0.1) is 11.9 Å². The summed E-state index contributed by atoms with van der Waals surface area (Å²) in [6.07, 6.45) is 7.71. The van der Waals surface area contributed by atoms with Gasteiger partial charge in [-0.15, -0.1) is 0 Å². The summed E-state index contributed by atoms with van der Waals surface area (Å²) >= 11 is 0. The first-order valence-corrected chi connectivity index (χ1v) is 11.1. The van der Waals surface area contributed by atoms with Gasteiger partial charge in [-0.2, -0.15) is 0 Å². The molecule has 5 nitrogen and oxygen atoms in total. The second-order valence-corrected chi connectivity index (χ2v) is 9.20. The minimum absolute atomic E-state index is 0.0719. The molecule has 138 valence electrons. The van der Waals surface area contributed by atoms with Crippen LogP contribution in [0.3, 0.4) is 0 Å². The largest absolute Gasteiger partial charge is 0.336 e. The van der Waals surface area contributed by atoms with Crippen LogP contribution in [-0.2, 0) is 16.4 Å². The van der Waals surface area contributed by atoms with Crippen LogP contribution >= 0.6 is 0 Å². The molecule has 25 heavy (non-hydrogen) atoms. The Balaban J connectivity index is 1.87. The topological polar surface area (TPSA) is 57.7 Å². The summed E-state index contributed by atoms with van der Waals surface area (Å²) in [5.74, 6) is 0.0719. The van der Waals surface area contributed by atoms with Crippen molar-refractivity contribution in [2.24, 2.45) is 0 Å². The molecule has 0 aromatic heterocycles. The van der Waals surface area contributed by atoms with Crippen LogP contribution in [0.15, 0.2) is 18.2 Å². The highest BCUT2D eigenvalue weighted by atomic mass is 32.2. The van der Waals surface area contributed by atoms with E-state index >= 15 is 0 Å². The number of carbonyl (C=O) groups excluding carboxylic acids is 1. The SMILES string of the molecule is CCN(C(=O)c1ccc2c(c1)CC(C)N2S(C)(=O)=O)C1CCCCC1. The van der Waals surface area contributed by atoms with Crippen LogP contribution in [0, 0.1) is 0 Å². The smallest absolute Gasteiger partial charge is 0.254 e. The predicted molar refractivity (Wildman–Crippen MR) is 101 cm³/mol. The fourth-order valence-corrected chi connectivity index (χ4v) is 5.63. The second-order valence-electron chi connectivity index (χ2n) is 7.34. The summed E-state index contributed by atoms with van der Waals surface area (Å²) in [5.41, 5.74) is 2.34. The molecule has 0 N–H and O–H groups in total. The molecule has 3 rings (SSSR count). The summed E-state index contributed by atoms with van der Waals surface area (Å²) in [5, 5.41) is 0. The number of hydrogen-bond donors (Lipinski definition) is 0. The van der Waals surface area contributed by atoms with E-state index < -0.39 is 10.0 Å². The van der Waals surface area contributed by atoms with Crippen molar-refractivity contribution in [3.05, 3.63) is 29.3 Å². The number of rotatable bonds is 4. The third kappa shape index (κ3) is 3.54. The Kier molecular flexibility index (Phi) is 5.09. The average Bonchev–Trinajstić information content (AvgIpc) is 2.91. The molecule has 1 heterocycles. The Morgan fingerprint density at radius 1 is 1.24 bits per heavy atom. The molecule has 1 saturated carbocycles. The first-order chi connectivity index (χ1) is 11.8. The molecule has 1 amide bonds. The van der Waals surface area contributed by atoms with E-state index in [1.807, 2.05) is 24.8 Å². The number of fused-ring (bicyclic) bond motifs is 1. The zero-order valence-corrected chi connectivity index (χ0v) is 16.2. The maximum atomic E-state index is 13.0. The molecule has 1 aromatic carbocycles. The van der Waals surface area contributed by atoms with Crippen LogP contribution in [0.25, 0.3) is 0 Å². The van der Waals surface area contributed by atoms with Crippen LogP contribution in [-0.4, -0.2) is 44.1 Å². The van der Waals surface area contributed by atoms with Crippen molar-refractivity contribution in [3.8, 4) is 0 Å². The minimum Gasteiger partial charge on any atom is -0.336 e. The molecule has 1 aliphatic heterocycles. The first kappa shape index (κ1) is 18.2. The highest BCUT2D eigenvalue weighted by Gasteiger charge is 2.33. The summed E-state index contributed by atoms with van der Waals surface area (Å²) in [4.78, 5) is 15.0. The van der Waals surface area contributed by atoms with Crippen LogP contribution in [0.2, 0.25) is 0 Å². The van der Waals surface area contributed by atoms with Crippen molar-refractivity contribution >= 4 is 21.6 Å². The monoisotopic (exact) mass is 364 g/mol. The summed E-state index contributed by atoms with van der Waals surface area (Å²) in [6.45, 7) is 4.66. The molecule has 1 fully saturated rings. The van der Waals surface area contributed by atoms with Gasteiger partial charge >= 0.3 is 0 Å². The van der Waals surface area contributed by atoms with Crippen LogP contribution in [0.1, 0.15) is 61.9 Å². The van der Waals surface area contributed by atoms with Gasteiger partial charge in [0.2, 0.25) is 10.0 Å². The maximum Gasteiger partial charge on any atom is 0.254 e. The normalized spacial score (nSPS) is 21.2. The maximum absolute atomic E-state index is 13.0. The minimum atomic E-state index is -3.30. The van der Waals surface area contributed by atoms with E-state index in [9.17, 15) is 13.2 Å². The zero-order valence-electron chi connectivity index (χ0n) is 15.4. The van der Waals surface area contributed by atoms with Crippen molar-refractivity contribution < 1.29 is 13.2 Å². The van der Waals surface area contributed by atoms with Gasteiger partial charge in [-0.05, 0) is 56.9 Å². The highest BCUT2D eigenvalue weighted by Crippen LogP contribution is 2.35. The molecule has 1 unspecified atom stereocenters. The number of carbonyl (C=O) groups is 1. The second kappa shape index (κ2) is 6.98. The number of anilines is 1. The van der Waals surface area contributed by atoms with E-state index in [2.05, 4.69) is 0 Å². The lowest BCUT2D eigenvalue weighted by Crippen LogP contribution is -2.41. The molecule has 2 aliphatic rings. The average molecular weight is 365 g/mol. The molecular formula is C19H28N2O3S. The molecular weight excluding hydrogens is 336 g/mol. The summed E-state index contributed by atoms with van der Waals surface area (Å²) in [6, 6.07) is 5.71. The van der Waals surface area contributed by atoms with E-state index in [0.29, 0.717) is 30.3 Å². The van der Waals surface area contributed by atoms with Crippen molar-refractivity contribution in [2.75, 3.05) is 17.1 Å². The quantitative estimate of drug-likeness (QED) is 0.824. The van der Waals surface area contributed by atoms with E-state index in [1.54, 1.807) is 12.1 Å². The van der Waals surface area contributed by atoms with Gasteiger partial charge in [-0.25, -0.2) is 8.42 Å². The Morgan fingerprint density at radius 2 is 1.92 bits per heavy atom. The standard InChI is InChI=1S/C19H28N2O3S/c1-4-20(17-8-6-5-7-9-17)19(22)15-10-11-18-16(13-15)12-14(2)21(18)25(3,23)24/h10-11,13-14,17H,4-9,12H2,1-3H3. The number of nitrogens with zero attached hydrogens (tertiary/aromatic N) is 2. The lowest BCUT2D eigenvalue weighted by molar-refractivity contribution is 0.0648. The fourth-order valence-electron chi connectivity index (χ4n) is 4.37. The molecule has 1 aromatic rings. The molecule has 1 atom stereocenters. The molecule has 1 aliphatic carbocycles. The van der Waals surface area contributed by atoms with Gasteiger partial charge in [-0.1, -0.05) is 19.3 Å². The van der Waals surface area contributed by atoms with E-state index in [-0.39, 0.29) is 11.9 Å². The van der Waals surface area contributed by atoms with Gasteiger partial charge in [0.1, 0.15) is 0 Å². The first-order valence-electron chi connectivity index (χ1n) is 9.26. The zero-order chi connectivity index (χ0) is 18.2. The van der Waals surface area contributed by atoms with Crippen molar-refractivity contribution in [1.29, 1.82) is 0 Å². The van der Waals surface area contributed by atoms with Crippen molar-refractivity contribution in [2.45, 2.75) is 64.5 Å². The lowest BCUT2D eigenvalue weighted by atomic mass is 9.93. The molecule has 0 saturated heterocycles. The summed E-state index contributed by atoms with van der Waals surface area (Å²) in [7, 11) is -3.30. The van der Waals surface area contributed by atoms with Gasteiger partial charge < -0.3 is 4.90 Å². The Morgan fingerprint density at radius 3 is 2.52 bits per heavy atom. The number of hydrogen-bond acceptors (Lipinski definition) is 3. The third-order valence-electron chi connectivity index (χ3n) is 5.45. The number of sulfonamides is 1. The predicted octanol–water partition coefficient (Wildman–Crippen LogP) is 3.19. The van der Waals surface area contributed by atoms with Crippen LogP contribution in [0.4, 0.5) is 5.69 Å². The molecule has 0 bridgehead atoms. The van der Waals surface area contributed by atoms with Gasteiger partial charge in [0, 0.05) is 24.2 Å². The Labute approximate surface area is 151 Å². The lowest BCUT2D eigenvalue weighted by Gasteiger charge is -2.33. The summed E-state index contributed by atoms with van der Waals surface area (Å²) < 4.78 is 25.5. The Bertz CT molecular complexity index is 754. The van der Waals surface area contributed by atoms with E-state index in [1.165, 1.54) is 29.8 Å². The molecule has 0 radical (unpaired) electrons. The van der Waals surface area contributed by atoms with E-state index in [4.69, 9.17) is 0 Å². The number of amides is 1.